The Bertz CT molecular complexity index is 1220. The maximum atomic E-state index is 13.0. The molecule has 1 aromatic carbocycles. The van der Waals surface area contributed by atoms with Crippen molar-refractivity contribution in [2.24, 2.45) is 5.92 Å². The molecule has 2 fully saturated rings. The number of nitrogen functional groups attached to an aromatic ring is 2. The van der Waals surface area contributed by atoms with Crippen molar-refractivity contribution < 1.29 is 4.79 Å². The van der Waals surface area contributed by atoms with Gasteiger partial charge in [-0.05, 0) is 49.9 Å². The molecule has 10 nitrogen and oxygen atoms in total. The molecule has 5 rings (SSSR count). The van der Waals surface area contributed by atoms with Crippen LogP contribution >= 0.6 is 11.3 Å². The number of rotatable bonds is 7. The molecule has 1 amide bonds. The summed E-state index contributed by atoms with van der Waals surface area (Å²) in [6.45, 7) is 7.54. The van der Waals surface area contributed by atoms with Gasteiger partial charge in [0.15, 0.2) is 11.0 Å². The SMILES string of the molecule is CC1CCC(NC(=O)c2ccc(CN3CCN(C)CC3)cc2)CC1Nc1nc(-c2nc(N)cc(N)n2)cs1. The Balaban J connectivity index is 1.15. The van der Waals surface area contributed by atoms with Gasteiger partial charge in [0, 0.05) is 61.8 Å². The molecule has 1 aliphatic heterocycles. The fourth-order valence-corrected chi connectivity index (χ4v) is 5.90. The first-order valence-electron chi connectivity index (χ1n) is 13.3. The van der Waals surface area contributed by atoms with Gasteiger partial charge in [0.1, 0.15) is 17.3 Å². The van der Waals surface area contributed by atoms with Gasteiger partial charge in [-0.25, -0.2) is 15.0 Å². The zero-order valence-electron chi connectivity index (χ0n) is 22.1. The summed E-state index contributed by atoms with van der Waals surface area (Å²) in [7, 11) is 2.17. The van der Waals surface area contributed by atoms with Crippen molar-refractivity contribution in [2.75, 3.05) is 50.0 Å². The first kappa shape index (κ1) is 26.3. The number of piperazine rings is 1. The van der Waals surface area contributed by atoms with E-state index in [4.69, 9.17) is 11.5 Å². The molecule has 6 N–H and O–H groups in total. The molecule has 3 unspecified atom stereocenters. The van der Waals surface area contributed by atoms with Crippen molar-refractivity contribution in [1.29, 1.82) is 0 Å². The Hall–Kier alpha value is -3.28. The fraction of sp³-hybridized carbons (Fsp3) is 0.481. The normalized spacial score (nSPS) is 22.7. The van der Waals surface area contributed by atoms with Gasteiger partial charge in [0.25, 0.3) is 5.91 Å². The van der Waals surface area contributed by atoms with E-state index in [2.05, 4.69) is 61.5 Å². The topological polar surface area (TPSA) is 138 Å². The molecule has 2 aliphatic rings. The maximum absolute atomic E-state index is 13.0. The third kappa shape index (κ3) is 6.58. The first-order valence-corrected chi connectivity index (χ1v) is 14.1. The number of amides is 1. The van der Waals surface area contributed by atoms with Crippen molar-refractivity contribution >= 4 is 34.0 Å². The molecule has 3 heterocycles. The molecule has 0 bridgehead atoms. The van der Waals surface area contributed by atoms with E-state index in [-0.39, 0.29) is 18.0 Å². The largest absolute Gasteiger partial charge is 0.384 e. The van der Waals surface area contributed by atoms with Crippen LogP contribution in [0.15, 0.2) is 35.7 Å². The highest BCUT2D eigenvalue weighted by Gasteiger charge is 2.29. The van der Waals surface area contributed by atoms with Gasteiger partial charge in [-0.15, -0.1) is 11.3 Å². The van der Waals surface area contributed by atoms with Crippen LogP contribution in [0.4, 0.5) is 16.8 Å². The Morgan fingerprint density at radius 1 is 1.05 bits per heavy atom. The molecule has 3 aromatic rings. The second-order valence-corrected chi connectivity index (χ2v) is 11.4. The minimum absolute atomic E-state index is 0.0117. The minimum atomic E-state index is -0.0117. The summed E-state index contributed by atoms with van der Waals surface area (Å²) in [5.74, 6) is 1.51. The molecule has 202 valence electrons. The average Bonchev–Trinajstić information content (AvgIpc) is 3.36. The number of hydrogen-bond acceptors (Lipinski definition) is 10. The summed E-state index contributed by atoms with van der Waals surface area (Å²) >= 11 is 1.50. The summed E-state index contributed by atoms with van der Waals surface area (Å²) in [6, 6.07) is 9.89. The van der Waals surface area contributed by atoms with Crippen LogP contribution in [0.1, 0.15) is 42.1 Å². The van der Waals surface area contributed by atoms with Gasteiger partial charge in [-0.2, -0.15) is 0 Å². The van der Waals surface area contributed by atoms with Crippen LogP contribution in [0.3, 0.4) is 0 Å². The smallest absolute Gasteiger partial charge is 0.251 e. The van der Waals surface area contributed by atoms with Gasteiger partial charge in [-0.1, -0.05) is 19.1 Å². The lowest BCUT2D eigenvalue weighted by atomic mass is 9.83. The molecular formula is C27H37N9OS. The Morgan fingerprint density at radius 3 is 2.47 bits per heavy atom. The highest BCUT2D eigenvalue weighted by atomic mass is 32.1. The average molecular weight is 536 g/mol. The maximum Gasteiger partial charge on any atom is 0.251 e. The van der Waals surface area contributed by atoms with Crippen molar-refractivity contribution in [1.82, 2.24) is 30.1 Å². The summed E-state index contributed by atoms with van der Waals surface area (Å²) < 4.78 is 0. The second kappa shape index (κ2) is 11.6. The third-order valence-corrected chi connectivity index (χ3v) is 8.33. The van der Waals surface area contributed by atoms with Crippen LogP contribution in [0.5, 0.6) is 0 Å². The number of thiazole rings is 1. The molecule has 3 atom stereocenters. The van der Waals surface area contributed by atoms with Crippen LogP contribution in [0, 0.1) is 5.92 Å². The monoisotopic (exact) mass is 535 g/mol. The molecule has 0 spiro atoms. The second-order valence-electron chi connectivity index (χ2n) is 10.6. The highest BCUT2D eigenvalue weighted by molar-refractivity contribution is 7.14. The summed E-state index contributed by atoms with van der Waals surface area (Å²) in [5.41, 5.74) is 14.2. The number of nitrogens with zero attached hydrogens (tertiary/aromatic N) is 5. The molecule has 1 saturated carbocycles. The van der Waals surface area contributed by atoms with Gasteiger partial charge < -0.3 is 27.0 Å². The molecule has 38 heavy (non-hydrogen) atoms. The quantitative estimate of drug-likeness (QED) is 0.360. The van der Waals surface area contributed by atoms with Crippen LogP contribution in [0.25, 0.3) is 11.5 Å². The number of carbonyl (C=O) groups excluding carboxylic acids is 1. The number of benzene rings is 1. The zero-order chi connectivity index (χ0) is 26.6. The summed E-state index contributed by atoms with van der Waals surface area (Å²) in [4.78, 5) is 31.0. The van der Waals surface area contributed by atoms with E-state index in [1.807, 2.05) is 17.5 Å². The summed E-state index contributed by atoms with van der Waals surface area (Å²) in [6.07, 6.45) is 2.83. The third-order valence-electron chi connectivity index (χ3n) is 7.56. The lowest BCUT2D eigenvalue weighted by Crippen LogP contribution is -2.45. The zero-order valence-corrected chi connectivity index (χ0v) is 22.9. The molecule has 2 aromatic heterocycles. The number of aromatic nitrogens is 3. The lowest BCUT2D eigenvalue weighted by molar-refractivity contribution is 0.0920. The van der Waals surface area contributed by atoms with Crippen molar-refractivity contribution in [3.8, 4) is 11.5 Å². The highest BCUT2D eigenvalue weighted by Crippen LogP contribution is 2.30. The lowest BCUT2D eigenvalue weighted by Gasteiger charge is -2.35. The van der Waals surface area contributed by atoms with E-state index < -0.39 is 0 Å². The molecular weight excluding hydrogens is 498 g/mol. The Morgan fingerprint density at radius 2 is 1.76 bits per heavy atom. The van der Waals surface area contributed by atoms with Crippen LogP contribution in [0.2, 0.25) is 0 Å². The Labute approximate surface area is 227 Å². The van der Waals surface area contributed by atoms with Gasteiger partial charge in [0.05, 0.1) is 0 Å². The predicted molar refractivity (Wildman–Crippen MR) is 153 cm³/mol. The molecule has 1 aliphatic carbocycles. The number of nitrogens with one attached hydrogen (secondary N) is 2. The van der Waals surface area contributed by atoms with E-state index in [9.17, 15) is 4.79 Å². The Kier molecular flexibility index (Phi) is 8.06. The predicted octanol–water partition coefficient (Wildman–Crippen LogP) is 2.91. The van der Waals surface area contributed by atoms with Gasteiger partial charge in [0.2, 0.25) is 0 Å². The summed E-state index contributed by atoms with van der Waals surface area (Å²) in [5, 5.41) is 9.53. The molecule has 0 radical (unpaired) electrons. The van der Waals surface area contributed by atoms with Crippen molar-refractivity contribution in [2.45, 2.75) is 44.8 Å². The number of hydrogen-bond donors (Lipinski definition) is 4. The van der Waals surface area contributed by atoms with E-state index in [1.54, 1.807) is 0 Å². The number of carbonyl (C=O) groups is 1. The molecule has 11 heteroatoms. The number of likely N-dealkylation sites (N-methyl/N-ethyl adjacent to an activating group) is 1. The van der Waals surface area contributed by atoms with Crippen LogP contribution in [-0.2, 0) is 6.54 Å². The van der Waals surface area contributed by atoms with Crippen molar-refractivity contribution in [3.63, 3.8) is 0 Å². The van der Waals surface area contributed by atoms with Gasteiger partial charge >= 0.3 is 0 Å². The first-order chi connectivity index (χ1) is 18.3. The van der Waals surface area contributed by atoms with E-state index in [1.165, 1.54) is 23.0 Å². The van der Waals surface area contributed by atoms with E-state index in [0.29, 0.717) is 34.6 Å². The van der Waals surface area contributed by atoms with E-state index >= 15 is 0 Å². The van der Waals surface area contributed by atoms with Gasteiger partial charge in [-0.3, -0.25) is 9.69 Å². The van der Waals surface area contributed by atoms with E-state index in [0.717, 1.165) is 57.1 Å². The molecule has 1 saturated heterocycles. The van der Waals surface area contributed by atoms with Crippen LogP contribution in [-0.4, -0.2) is 76.0 Å². The standard InChI is InChI=1S/C27H37N9OS/c1-17-3-8-20(13-21(17)31-27-32-22(16-38-27)25-33-23(28)14-24(29)34-25)30-26(37)19-6-4-18(5-7-19)15-36-11-9-35(2)10-12-36/h4-7,14,16-17,20-21H,3,8-13,15H2,1-2H3,(H,30,37)(H,31,32)(H4,28,29,33,34). The fourth-order valence-electron chi connectivity index (χ4n) is 5.15. The number of anilines is 3. The van der Waals surface area contributed by atoms with Crippen LogP contribution < -0.4 is 22.1 Å². The van der Waals surface area contributed by atoms with Crippen molar-refractivity contribution in [3.05, 3.63) is 46.8 Å². The number of nitrogens with two attached hydrogens (primary N) is 2. The minimum Gasteiger partial charge on any atom is -0.384 e.